The molecular weight excluding hydrogens is 160 g/mol. The van der Waals surface area contributed by atoms with Gasteiger partial charge in [-0.15, -0.1) is 0 Å². The zero-order chi connectivity index (χ0) is 8.91. The molecule has 0 aromatic rings. The first-order chi connectivity index (χ1) is 5.16. The summed E-state index contributed by atoms with van der Waals surface area (Å²) < 4.78 is 15.1. The third-order valence-corrected chi connectivity index (χ3v) is 1.98. The van der Waals surface area contributed by atoms with Crippen LogP contribution in [0, 0.1) is 0 Å². The molecule has 0 radical (unpaired) electrons. The monoisotopic (exact) mass is 174 g/mol. The number of hydrogen-bond donors (Lipinski definition) is 0. The Labute approximate surface area is 70.2 Å². The van der Waals surface area contributed by atoms with Crippen LogP contribution in [0.15, 0.2) is 24.8 Å². The Morgan fingerprint density at radius 2 is 1.91 bits per heavy atom. The average molecular weight is 174 g/mol. The molecule has 0 amide bonds. The first kappa shape index (κ1) is 10.6. The third kappa shape index (κ3) is 2.00. The van der Waals surface area contributed by atoms with E-state index < -0.39 is 5.97 Å². The minimum atomic E-state index is -1.12. The van der Waals surface area contributed by atoms with Gasteiger partial charge in [-0.2, -0.15) is 0 Å². The molecule has 0 aliphatic carbocycles. The summed E-state index contributed by atoms with van der Waals surface area (Å²) in [5.74, 6) is -1.12. The van der Waals surface area contributed by atoms with Gasteiger partial charge in [0, 0.05) is 19.8 Å². The van der Waals surface area contributed by atoms with Gasteiger partial charge in [0.25, 0.3) is 0 Å². The Bertz CT molecular complexity index is 144. The molecule has 0 aliphatic heterocycles. The van der Waals surface area contributed by atoms with Crippen LogP contribution >= 0.6 is 0 Å². The number of hydrogen-bond acceptors (Lipinski definition) is 3. The molecule has 64 valence electrons. The fourth-order valence-electron chi connectivity index (χ4n) is 0.768. The van der Waals surface area contributed by atoms with Crippen LogP contribution in [-0.4, -0.2) is 30.7 Å². The minimum absolute atomic E-state index is 0.509. The predicted molar refractivity (Wildman–Crippen MR) is 47.1 cm³/mol. The van der Waals surface area contributed by atoms with Crippen molar-refractivity contribution in [1.29, 1.82) is 0 Å². The molecule has 0 N–H and O–H groups in total. The standard InChI is InChI=1S/C7H14O3Si/c1-5-6(2)7(8-3,9-4)10-11/h5H,1-2H2,3-4,11H3. The lowest BCUT2D eigenvalue weighted by atomic mass is 10.2. The van der Waals surface area contributed by atoms with Gasteiger partial charge in [-0.25, -0.2) is 0 Å². The average Bonchev–Trinajstić information content (AvgIpc) is 2.08. The van der Waals surface area contributed by atoms with Gasteiger partial charge >= 0.3 is 5.97 Å². The molecule has 0 fully saturated rings. The molecule has 0 atom stereocenters. The predicted octanol–water partition coefficient (Wildman–Crippen LogP) is -0.0278. The van der Waals surface area contributed by atoms with E-state index in [9.17, 15) is 0 Å². The zero-order valence-corrected chi connectivity index (χ0v) is 9.22. The summed E-state index contributed by atoms with van der Waals surface area (Å²) in [5.41, 5.74) is 0.567. The zero-order valence-electron chi connectivity index (χ0n) is 7.22. The maximum Gasteiger partial charge on any atom is 0.300 e. The van der Waals surface area contributed by atoms with E-state index >= 15 is 0 Å². The summed E-state index contributed by atoms with van der Waals surface area (Å²) >= 11 is 0. The fourth-order valence-corrected chi connectivity index (χ4v) is 1.36. The first-order valence-electron chi connectivity index (χ1n) is 3.14. The second-order valence-electron chi connectivity index (χ2n) is 1.90. The Kier molecular flexibility index (Phi) is 4.28. The van der Waals surface area contributed by atoms with Gasteiger partial charge in [0.1, 0.15) is 0 Å². The third-order valence-electron chi connectivity index (χ3n) is 1.45. The highest BCUT2D eigenvalue weighted by atomic mass is 28.2. The van der Waals surface area contributed by atoms with Gasteiger partial charge in [-0.1, -0.05) is 19.2 Å². The van der Waals surface area contributed by atoms with Crippen LogP contribution in [0.5, 0.6) is 0 Å². The van der Waals surface area contributed by atoms with Crippen molar-refractivity contribution in [3.8, 4) is 0 Å². The van der Waals surface area contributed by atoms with Crippen LogP contribution in [0.3, 0.4) is 0 Å². The van der Waals surface area contributed by atoms with Gasteiger partial charge in [-0.05, 0) is 0 Å². The fraction of sp³-hybridized carbons (Fsp3) is 0.429. The van der Waals surface area contributed by atoms with Gasteiger partial charge < -0.3 is 13.9 Å². The smallest absolute Gasteiger partial charge is 0.300 e. The van der Waals surface area contributed by atoms with Crippen LogP contribution in [0.2, 0.25) is 0 Å². The van der Waals surface area contributed by atoms with Gasteiger partial charge in [0.05, 0.1) is 0 Å². The van der Waals surface area contributed by atoms with Crippen molar-refractivity contribution in [3.05, 3.63) is 24.8 Å². The molecule has 0 aliphatic rings. The van der Waals surface area contributed by atoms with E-state index in [2.05, 4.69) is 13.2 Å². The van der Waals surface area contributed by atoms with Crippen LogP contribution in [0.1, 0.15) is 0 Å². The van der Waals surface area contributed by atoms with Crippen LogP contribution < -0.4 is 0 Å². The molecule has 11 heavy (non-hydrogen) atoms. The maximum absolute atomic E-state index is 5.11. The van der Waals surface area contributed by atoms with Gasteiger partial charge in [0.15, 0.2) is 10.5 Å². The summed E-state index contributed by atoms with van der Waals surface area (Å²) in [4.78, 5) is 0. The lowest BCUT2D eigenvalue weighted by molar-refractivity contribution is -0.292. The van der Waals surface area contributed by atoms with Crippen molar-refractivity contribution >= 4 is 10.5 Å². The molecule has 0 saturated carbocycles. The molecule has 3 nitrogen and oxygen atoms in total. The summed E-state index contributed by atoms with van der Waals surface area (Å²) in [6.07, 6.45) is 1.55. The van der Waals surface area contributed by atoms with Crippen molar-refractivity contribution in [3.63, 3.8) is 0 Å². The van der Waals surface area contributed by atoms with E-state index in [1.807, 2.05) is 0 Å². The molecule has 0 unspecified atom stereocenters. The van der Waals surface area contributed by atoms with E-state index in [1.165, 1.54) is 14.2 Å². The second kappa shape index (κ2) is 4.45. The number of rotatable bonds is 5. The molecule has 0 rings (SSSR count). The first-order valence-corrected chi connectivity index (χ1v) is 3.95. The summed E-state index contributed by atoms with van der Waals surface area (Å²) in [7, 11) is 3.50. The minimum Gasteiger partial charge on any atom is -0.377 e. The highest BCUT2D eigenvalue weighted by Gasteiger charge is 2.30. The van der Waals surface area contributed by atoms with Crippen molar-refractivity contribution in [2.24, 2.45) is 0 Å². The van der Waals surface area contributed by atoms with Crippen molar-refractivity contribution in [2.75, 3.05) is 14.2 Å². The van der Waals surface area contributed by atoms with Crippen LogP contribution in [0.25, 0.3) is 0 Å². The topological polar surface area (TPSA) is 27.7 Å². The van der Waals surface area contributed by atoms with Gasteiger partial charge in [0.2, 0.25) is 0 Å². The molecule has 0 aromatic heterocycles. The Hall–Kier alpha value is -0.423. The summed E-state index contributed by atoms with van der Waals surface area (Å²) in [6, 6.07) is 0. The van der Waals surface area contributed by atoms with E-state index in [0.29, 0.717) is 16.1 Å². The van der Waals surface area contributed by atoms with E-state index in [-0.39, 0.29) is 0 Å². The molecule has 0 heterocycles. The van der Waals surface area contributed by atoms with Crippen molar-refractivity contribution in [2.45, 2.75) is 5.97 Å². The van der Waals surface area contributed by atoms with E-state index in [4.69, 9.17) is 13.9 Å². The highest BCUT2D eigenvalue weighted by Crippen LogP contribution is 2.21. The molecule has 0 bridgehead atoms. The Morgan fingerprint density at radius 1 is 1.45 bits per heavy atom. The highest BCUT2D eigenvalue weighted by molar-refractivity contribution is 5.98. The quantitative estimate of drug-likeness (QED) is 0.333. The summed E-state index contributed by atoms with van der Waals surface area (Å²) in [6.45, 7) is 7.23. The van der Waals surface area contributed by atoms with E-state index in [1.54, 1.807) is 6.08 Å². The molecule has 4 heteroatoms. The largest absolute Gasteiger partial charge is 0.377 e. The lowest BCUT2D eigenvalue weighted by Crippen LogP contribution is -2.37. The second-order valence-corrected chi connectivity index (χ2v) is 2.31. The molecule has 0 aromatic carbocycles. The van der Waals surface area contributed by atoms with Crippen molar-refractivity contribution in [1.82, 2.24) is 0 Å². The van der Waals surface area contributed by atoms with E-state index in [0.717, 1.165) is 0 Å². The number of methoxy groups -OCH3 is 2. The van der Waals surface area contributed by atoms with Crippen LogP contribution in [-0.2, 0) is 13.9 Å². The maximum atomic E-state index is 5.11. The lowest BCUT2D eigenvalue weighted by Gasteiger charge is -2.29. The van der Waals surface area contributed by atoms with Gasteiger partial charge in [-0.3, -0.25) is 0 Å². The van der Waals surface area contributed by atoms with Crippen molar-refractivity contribution < 1.29 is 13.9 Å². The summed E-state index contributed by atoms with van der Waals surface area (Å²) in [5, 5.41) is 0. The Morgan fingerprint density at radius 3 is 2.00 bits per heavy atom. The number of ether oxygens (including phenoxy) is 2. The molecular formula is C7H14O3Si. The molecule has 0 spiro atoms. The Balaban J connectivity index is 4.52. The van der Waals surface area contributed by atoms with Crippen LogP contribution in [0.4, 0.5) is 0 Å². The SMILES string of the molecule is C=CC(=C)C(OC)(OC)O[SiH3]. The normalized spacial score (nSPS) is 11.5. The molecule has 0 saturated heterocycles.